The molecular formula is C15H22N2O3. The molecule has 4 amide bonds. The van der Waals surface area contributed by atoms with Crippen LogP contribution in [-0.4, -0.2) is 28.8 Å². The second-order valence-electron chi connectivity index (χ2n) is 6.94. The van der Waals surface area contributed by atoms with Crippen LogP contribution in [0.5, 0.6) is 0 Å². The Labute approximate surface area is 119 Å². The molecule has 1 aliphatic heterocycles. The molecule has 0 aromatic heterocycles. The summed E-state index contributed by atoms with van der Waals surface area (Å²) in [6.07, 6.45) is 4.91. The van der Waals surface area contributed by atoms with Crippen molar-refractivity contribution in [1.82, 2.24) is 10.2 Å². The molecule has 110 valence electrons. The highest BCUT2D eigenvalue weighted by molar-refractivity contribution is 6.19. The Morgan fingerprint density at radius 1 is 1.05 bits per heavy atom. The summed E-state index contributed by atoms with van der Waals surface area (Å²) >= 11 is 0. The van der Waals surface area contributed by atoms with Crippen molar-refractivity contribution in [2.45, 2.75) is 58.4 Å². The van der Waals surface area contributed by atoms with Gasteiger partial charge in [-0.15, -0.1) is 0 Å². The van der Waals surface area contributed by atoms with E-state index in [0.717, 1.165) is 25.7 Å². The van der Waals surface area contributed by atoms with E-state index in [9.17, 15) is 14.4 Å². The fourth-order valence-electron chi connectivity index (χ4n) is 4.12. The first-order valence-corrected chi connectivity index (χ1v) is 7.63. The molecule has 1 saturated heterocycles. The van der Waals surface area contributed by atoms with E-state index in [2.05, 4.69) is 19.2 Å². The minimum Gasteiger partial charge on any atom is -0.277 e. The van der Waals surface area contributed by atoms with E-state index in [4.69, 9.17) is 0 Å². The topological polar surface area (TPSA) is 66.5 Å². The van der Waals surface area contributed by atoms with Crippen LogP contribution in [0.1, 0.15) is 52.4 Å². The number of rotatable bonds is 1. The number of amides is 4. The van der Waals surface area contributed by atoms with Crippen molar-refractivity contribution in [3.05, 3.63) is 0 Å². The van der Waals surface area contributed by atoms with Gasteiger partial charge in [0.15, 0.2) is 0 Å². The molecule has 5 heteroatoms. The fraction of sp³-hybridized carbons (Fsp3) is 0.800. The standard InChI is InChI=1S/C15H22N2O3/c1-9-6-10(2)8-11(7-9)17-13(19)15(4-3-5-15)12(18)16-14(17)20/h9-11H,3-8H2,1-2H3,(H,16,18,20). The number of nitrogens with zero attached hydrogens (tertiary/aromatic N) is 1. The summed E-state index contributed by atoms with van der Waals surface area (Å²) in [6, 6.07) is -0.560. The lowest BCUT2D eigenvalue weighted by Gasteiger charge is -2.48. The zero-order valence-electron chi connectivity index (χ0n) is 12.1. The lowest BCUT2D eigenvalue weighted by atomic mass is 9.65. The number of nitrogens with one attached hydrogen (secondary N) is 1. The highest BCUT2D eigenvalue weighted by atomic mass is 16.2. The van der Waals surface area contributed by atoms with Crippen LogP contribution < -0.4 is 5.32 Å². The second kappa shape index (κ2) is 4.57. The van der Waals surface area contributed by atoms with Gasteiger partial charge in [-0.25, -0.2) is 4.79 Å². The smallest absolute Gasteiger partial charge is 0.277 e. The zero-order valence-corrected chi connectivity index (χ0v) is 12.1. The molecule has 1 heterocycles. The van der Waals surface area contributed by atoms with Crippen LogP contribution in [0.25, 0.3) is 0 Å². The first kappa shape index (κ1) is 13.6. The van der Waals surface area contributed by atoms with Gasteiger partial charge in [-0.05, 0) is 43.9 Å². The van der Waals surface area contributed by atoms with Crippen molar-refractivity contribution in [3.63, 3.8) is 0 Å². The highest BCUT2D eigenvalue weighted by Crippen LogP contribution is 2.46. The molecule has 0 bridgehead atoms. The quantitative estimate of drug-likeness (QED) is 0.747. The van der Waals surface area contributed by atoms with E-state index >= 15 is 0 Å². The van der Waals surface area contributed by atoms with Crippen LogP contribution in [0, 0.1) is 17.3 Å². The van der Waals surface area contributed by atoms with E-state index in [-0.39, 0.29) is 17.9 Å². The first-order valence-electron chi connectivity index (χ1n) is 7.63. The highest BCUT2D eigenvalue weighted by Gasteiger charge is 2.58. The molecule has 1 N–H and O–H groups in total. The summed E-state index contributed by atoms with van der Waals surface area (Å²) in [7, 11) is 0. The summed E-state index contributed by atoms with van der Waals surface area (Å²) in [4.78, 5) is 38.2. The first-order chi connectivity index (χ1) is 9.44. The van der Waals surface area contributed by atoms with Crippen LogP contribution in [0.15, 0.2) is 0 Å². The lowest BCUT2D eigenvalue weighted by molar-refractivity contribution is -0.160. The van der Waals surface area contributed by atoms with Crippen molar-refractivity contribution >= 4 is 17.8 Å². The lowest BCUT2D eigenvalue weighted by Crippen LogP contribution is -2.68. The van der Waals surface area contributed by atoms with Gasteiger partial charge in [0.25, 0.3) is 0 Å². The maximum absolute atomic E-state index is 12.7. The van der Waals surface area contributed by atoms with Crippen LogP contribution in [0.3, 0.4) is 0 Å². The van der Waals surface area contributed by atoms with Gasteiger partial charge in [0, 0.05) is 6.04 Å². The molecular weight excluding hydrogens is 256 g/mol. The normalized spacial score (nSPS) is 36.8. The molecule has 3 fully saturated rings. The van der Waals surface area contributed by atoms with Crippen molar-refractivity contribution < 1.29 is 14.4 Å². The molecule has 0 radical (unpaired) electrons. The second-order valence-corrected chi connectivity index (χ2v) is 6.94. The summed E-state index contributed by atoms with van der Waals surface area (Å²) in [5.41, 5.74) is -0.933. The summed E-state index contributed by atoms with van der Waals surface area (Å²) in [5.74, 6) is 0.398. The summed E-state index contributed by atoms with van der Waals surface area (Å²) < 4.78 is 0. The Hall–Kier alpha value is -1.39. The predicted molar refractivity (Wildman–Crippen MR) is 72.6 cm³/mol. The van der Waals surface area contributed by atoms with E-state index in [1.165, 1.54) is 4.90 Å². The van der Waals surface area contributed by atoms with E-state index in [1.807, 2.05) is 0 Å². The van der Waals surface area contributed by atoms with Gasteiger partial charge in [0.1, 0.15) is 5.41 Å². The Morgan fingerprint density at radius 2 is 1.65 bits per heavy atom. The van der Waals surface area contributed by atoms with Gasteiger partial charge < -0.3 is 0 Å². The van der Waals surface area contributed by atoms with E-state index in [0.29, 0.717) is 24.7 Å². The van der Waals surface area contributed by atoms with Gasteiger partial charge in [-0.2, -0.15) is 0 Å². The Bertz CT molecular complexity index is 460. The molecule has 0 aromatic carbocycles. The Balaban J connectivity index is 1.86. The maximum atomic E-state index is 12.7. The van der Waals surface area contributed by atoms with Crippen molar-refractivity contribution in [2.75, 3.05) is 0 Å². The van der Waals surface area contributed by atoms with Gasteiger partial charge in [0.05, 0.1) is 0 Å². The van der Waals surface area contributed by atoms with E-state index < -0.39 is 11.4 Å². The van der Waals surface area contributed by atoms with Crippen molar-refractivity contribution in [1.29, 1.82) is 0 Å². The largest absolute Gasteiger partial charge is 0.331 e. The summed E-state index contributed by atoms with van der Waals surface area (Å²) in [5, 5.41) is 2.41. The maximum Gasteiger partial charge on any atom is 0.331 e. The Kier molecular flexibility index (Phi) is 3.10. The average Bonchev–Trinajstić information content (AvgIpc) is 2.24. The third-order valence-electron chi connectivity index (χ3n) is 5.23. The van der Waals surface area contributed by atoms with Crippen LogP contribution in [0.2, 0.25) is 0 Å². The number of carbonyl (C=O) groups excluding carboxylic acids is 3. The predicted octanol–water partition coefficient (Wildman–Crippen LogP) is 2.06. The molecule has 2 saturated carbocycles. The van der Waals surface area contributed by atoms with Gasteiger partial charge in [0.2, 0.25) is 11.8 Å². The fourth-order valence-corrected chi connectivity index (χ4v) is 4.12. The number of imide groups is 2. The van der Waals surface area contributed by atoms with Crippen molar-refractivity contribution in [3.8, 4) is 0 Å². The molecule has 2 unspecified atom stereocenters. The van der Waals surface area contributed by atoms with Gasteiger partial charge in [-0.1, -0.05) is 20.3 Å². The van der Waals surface area contributed by atoms with Gasteiger partial charge >= 0.3 is 6.03 Å². The minimum absolute atomic E-state index is 0.0492. The monoisotopic (exact) mass is 278 g/mol. The molecule has 5 nitrogen and oxygen atoms in total. The number of barbiturate groups is 1. The molecule has 2 atom stereocenters. The molecule has 1 spiro atoms. The number of hydrogen-bond acceptors (Lipinski definition) is 3. The van der Waals surface area contributed by atoms with E-state index in [1.54, 1.807) is 0 Å². The zero-order chi connectivity index (χ0) is 14.5. The van der Waals surface area contributed by atoms with Crippen molar-refractivity contribution in [2.24, 2.45) is 17.3 Å². The molecule has 3 rings (SSSR count). The Morgan fingerprint density at radius 3 is 2.15 bits per heavy atom. The number of urea groups is 1. The van der Waals surface area contributed by atoms with Gasteiger partial charge in [-0.3, -0.25) is 19.8 Å². The molecule has 0 aromatic rings. The van der Waals surface area contributed by atoms with Crippen LogP contribution >= 0.6 is 0 Å². The third-order valence-corrected chi connectivity index (χ3v) is 5.23. The van der Waals surface area contributed by atoms with Crippen LogP contribution in [0.4, 0.5) is 4.79 Å². The molecule has 3 aliphatic rings. The average molecular weight is 278 g/mol. The molecule has 2 aliphatic carbocycles. The minimum atomic E-state index is -0.933. The number of carbonyl (C=O) groups is 3. The SMILES string of the molecule is CC1CC(C)CC(N2C(=O)NC(=O)C3(CCC3)C2=O)C1. The third kappa shape index (κ3) is 1.86. The summed E-state index contributed by atoms with van der Waals surface area (Å²) in [6.45, 7) is 4.33. The van der Waals surface area contributed by atoms with Crippen LogP contribution in [-0.2, 0) is 9.59 Å². The number of hydrogen-bond donors (Lipinski definition) is 1. The molecule has 20 heavy (non-hydrogen) atoms.